The molecule has 2 rings (SSSR count). The molecule has 1 N–H and O–H groups in total. The molecule has 6 heteroatoms. The number of carbonyl (C=O) groups is 1. The number of ether oxygens (including phenoxy) is 1. The zero-order chi connectivity index (χ0) is 16.3. The van der Waals surface area contributed by atoms with E-state index < -0.39 is 17.5 Å². The highest BCUT2D eigenvalue weighted by Gasteiger charge is 2.33. The van der Waals surface area contributed by atoms with Gasteiger partial charge in [0.1, 0.15) is 11.4 Å². The van der Waals surface area contributed by atoms with Crippen molar-refractivity contribution in [3.05, 3.63) is 29.8 Å². The van der Waals surface area contributed by atoms with Gasteiger partial charge in [-0.3, -0.25) is 4.98 Å². The molecule has 1 aliphatic rings. The van der Waals surface area contributed by atoms with Crippen LogP contribution in [0.25, 0.3) is 0 Å². The maximum Gasteiger partial charge on any atom is 0.410 e. The Balaban J connectivity index is 1.98. The SMILES string of the molecule is CC(C)(C)OC(=O)N1CCCC1CC(O)c1ccc(F)cn1. The van der Waals surface area contributed by atoms with Crippen molar-refractivity contribution in [2.75, 3.05) is 6.54 Å². The number of carbonyl (C=O) groups excluding carboxylic acids is 1. The molecule has 2 heterocycles. The number of aromatic nitrogens is 1. The van der Waals surface area contributed by atoms with Crippen LogP contribution < -0.4 is 0 Å². The first kappa shape index (κ1) is 16.7. The van der Waals surface area contributed by atoms with Crippen LogP contribution in [0, 0.1) is 5.82 Å². The number of halogens is 1. The second kappa shape index (κ2) is 6.60. The molecule has 1 amide bonds. The summed E-state index contributed by atoms with van der Waals surface area (Å²) in [4.78, 5) is 17.7. The van der Waals surface area contributed by atoms with Crippen LogP contribution >= 0.6 is 0 Å². The number of likely N-dealkylation sites (tertiary alicyclic amines) is 1. The third kappa shape index (κ3) is 4.40. The first-order chi connectivity index (χ1) is 10.3. The van der Waals surface area contributed by atoms with Gasteiger partial charge in [0.2, 0.25) is 0 Å². The smallest absolute Gasteiger partial charge is 0.410 e. The second-order valence-corrected chi connectivity index (χ2v) is 6.62. The van der Waals surface area contributed by atoms with Crippen LogP contribution in [0.3, 0.4) is 0 Å². The molecule has 1 saturated heterocycles. The van der Waals surface area contributed by atoms with Crippen molar-refractivity contribution in [3.8, 4) is 0 Å². The maximum atomic E-state index is 12.9. The summed E-state index contributed by atoms with van der Waals surface area (Å²) in [7, 11) is 0. The van der Waals surface area contributed by atoms with E-state index in [9.17, 15) is 14.3 Å². The zero-order valence-corrected chi connectivity index (χ0v) is 13.3. The molecule has 2 atom stereocenters. The average Bonchev–Trinajstić information content (AvgIpc) is 2.85. The van der Waals surface area contributed by atoms with E-state index >= 15 is 0 Å². The van der Waals surface area contributed by atoms with Crippen LogP contribution in [-0.2, 0) is 4.74 Å². The van der Waals surface area contributed by atoms with E-state index in [1.54, 1.807) is 4.90 Å². The van der Waals surface area contributed by atoms with Crippen LogP contribution in [0.15, 0.2) is 18.3 Å². The fraction of sp³-hybridized carbons (Fsp3) is 0.625. The second-order valence-electron chi connectivity index (χ2n) is 6.62. The minimum atomic E-state index is -0.825. The Bertz CT molecular complexity index is 513. The van der Waals surface area contributed by atoms with Crippen molar-refractivity contribution in [1.29, 1.82) is 0 Å². The van der Waals surface area contributed by atoms with E-state index in [2.05, 4.69) is 4.98 Å². The van der Waals surface area contributed by atoms with Crippen molar-refractivity contribution in [1.82, 2.24) is 9.88 Å². The molecule has 0 aliphatic carbocycles. The molecule has 122 valence electrons. The normalized spacial score (nSPS) is 20.0. The Kier molecular flexibility index (Phi) is 5.01. The zero-order valence-electron chi connectivity index (χ0n) is 13.3. The molecule has 0 bridgehead atoms. The summed E-state index contributed by atoms with van der Waals surface area (Å²) >= 11 is 0. The van der Waals surface area contributed by atoms with Gasteiger partial charge in [-0.15, -0.1) is 0 Å². The molecular weight excluding hydrogens is 287 g/mol. The Hall–Kier alpha value is -1.69. The first-order valence-electron chi connectivity index (χ1n) is 7.55. The lowest BCUT2D eigenvalue weighted by Crippen LogP contribution is -2.40. The minimum Gasteiger partial charge on any atom is -0.444 e. The molecule has 22 heavy (non-hydrogen) atoms. The van der Waals surface area contributed by atoms with Gasteiger partial charge >= 0.3 is 6.09 Å². The number of hydrogen-bond acceptors (Lipinski definition) is 4. The van der Waals surface area contributed by atoms with E-state index in [1.807, 2.05) is 20.8 Å². The summed E-state index contributed by atoms with van der Waals surface area (Å²) < 4.78 is 18.3. The molecule has 0 saturated carbocycles. The van der Waals surface area contributed by atoms with E-state index in [0.29, 0.717) is 18.7 Å². The largest absolute Gasteiger partial charge is 0.444 e. The summed E-state index contributed by atoms with van der Waals surface area (Å²) in [5.41, 5.74) is -0.126. The number of nitrogens with zero attached hydrogens (tertiary/aromatic N) is 2. The number of amides is 1. The topological polar surface area (TPSA) is 62.7 Å². The maximum absolute atomic E-state index is 12.9. The Labute approximate surface area is 130 Å². The van der Waals surface area contributed by atoms with Crippen molar-refractivity contribution in [2.45, 2.75) is 57.8 Å². The molecule has 1 aromatic rings. The van der Waals surface area contributed by atoms with Gasteiger partial charge in [-0.1, -0.05) is 0 Å². The van der Waals surface area contributed by atoms with Gasteiger partial charge in [0.05, 0.1) is 18.0 Å². The fourth-order valence-corrected chi connectivity index (χ4v) is 2.60. The lowest BCUT2D eigenvalue weighted by Gasteiger charge is -2.29. The van der Waals surface area contributed by atoms with Crippen molar-refractivity contribution in [2.24, 2.45) is 0 Å². The van der Waals surface area contributed by atoms with Crippen LogP contribution in [0.5, 0.6) is 0 Å². The average molecular weight is 310 g/mol. The highest BCUT2D eigenvalue weighted by molar-refractivity contribution is 5.68. The third-order valence-corrected chi connectivity index (χ3v) is 3.59. The molecule has 1 aromatic heterocycles. The van der Waals surface area contributed by atoms with Gasteiger partial charge in [-0.2, -0.15) is 0 Å². The minimum absolute atomic E-state index is 0.0864. The van der Waals surface area contributed by atoms with Crippen LogP contribution in [0.4, 0.5) is 9.18 Å². The van der Waals surface area contributed by atoms with Crippen molar-refractivity contribution < 1.29 is 19.0 Å². The fourth-order valence-electron chi connectivity index (χ4n) is 2.60. The number of hydrogen-bond donors (Lipinski definition) is 1. The molecule has 5 nitrogen and oxygen atoms in total. The standard InChI is InChI=1S/C16H23FN2O3/c1-16(2,3)22-15(21)19-8-4-5-12(19)9-14(20)13-7-6-11(17)10-18-13/h6-7,10,12,14,20H,4-5,8-9H2,1-3H3. The first-order valence-corrected chi connectivity index (χ1v) is 7.55. The summed E-state index contributed by atoms with van der Waals surface area (Å²) in [6.07, 6.45) is 1.98. The van der Waals surface area contributed by atoms with Gasteiger partial charge in [0.25, 0.3) is 0 Å². The predicted octanol–water partition coefficient (Wildman–Crippen LogP) is 3.04. The highest BCUT2D eigenvalue weighted by atomic mass is 19.1. The van der Waals surface area contributed by atoms with Crippen LogP contribution in [0.1, 0.15) is 51.8 Å². The Morgan fingerprint density at radius 1 is 1.55 bits per heavy atom. The molecule has 0 aromatic carbocycles. The number of pyridine rings is 1. The number of aliphatic hydroxyl groups is 1. The van der Waals surface area contributed by atoms with Crippen molar-refractivity contribution in [3.63, 3.8) is 0 Å². The highest BCUT2D eigenvalue weighted by Crippen LogP contribution is 2.28. The molecule has 0 spiro atoms. The predicted molar refractivity (Wildman–Crippen MR) is 79.7 cm³/mol. The quantitative estimate of drug-likeness (QED) is 0.932. The molecule has 1 fully saturated rings. The molecule has 0 radical (unpaired) electrons. The van der Waals surface area contributed by atoms with Gasteiger partial charge in [-0.25, -0.2) is 9.18 Å². The Morgan fingerprint density at radius 2 is 2.27 bits per heavy atom. The number of rotatable bonds is 3. The molecule has 1 aliphatic heterocycles. The molecule has 2 unspecified atom stereocenters. The van der Waals surface area contributed by atoms with Gasteiger partial charge in [0.15, 0.2) is 0 Å². The van der Waals surface area contributed by atoms with Gasteiger partial charge < -0.3 is 14.7 Å². The van der Waals surface area contributed by atoms with Gasteiger partial charge in [-0.05, 0) is 52.2 Å². The summed E-state index contributed by atoms with van der Waals surface area (Å²) in [6.45, 7) is 6.11. The molecular formula is C16H23FN2O3. The summed E-state index contributed by atoms with van der Waals surface area (Å²) in [5, 5.41) is 10.2. The number of aliphatic hydroxyl groups excluding tert-OH is 1. The van der Waals surface area contributed by atoms with E-state index in [-0.39, 0.29) is 12.1 Å². The van der Waals surface area contributed by atoms with E-state index in [0.717, 1.165) is 19.0 Å². The Morgan fingerprint density at radius 3 is 2.86 bits per heavy atom. The lowest BCUT2D eigenvalue weighted by atomic mass is 10.0. The van der Waals surface area contributed by atoms with E-state index in [4.69, 9.17) is 4.74 Å². The lowest BCUT2D eigenvalue weighted by molar-refractivity contribution is 0.0177. The van der Waals surface area contributed by atoms with E-state index in [1.165, 1.54) is 12.1 Å². The van der Waals surface area contributed by atoms with Gasteiger partial charge in [0, 0.05) is 12.6 Å². The van der Waals surface area contributed by atoms with Crippen LogP contribution in [-0.4, -0.2) is 39.3 Å². The monoisotopic (exact) mass is 310 g/mol. The van der Waals surface area contributed by atoms with Crippen molar-refractivity contribution >= 4 is 6.09 Å². The third-order valence-electron chi connectivity index (χ3n) is 3.59. The van der Waals surface area contributed by atoms with Crippen LogP contribution in [0.2, 0.25) is 0 Å². The summed E-state index contributed by atoms with van der Waals surface area (Å²) in [5.74, 6) is -0.438. The summed E-state index contributed by atoms with van der Waals surface area (Å²) in [6, 6.07) is 2.65.